The van der Waals surface area contributed by atoms with E-state index in [0.717, 1.165) is 13.1 Å². The molecule has 3 nitrogen and oxygen atoms in total. The van der Waals surface area contributed by atoms with Crippen molar-refractivity contribution in [1.82, 2.24) is 14.8 Å². The zero-order valence-corrected chi connectivity index (χ0v) is 11.2. The molecular weight excluding hydrogens is 222 g/mol. The van der Waals surface area contributed by atoms with Crippen molar-refractivity contribution in [3.63, 3.8) is 0 Å². The molecule has 0 radical (unpaired) electrons. The lowest BCUT2D eigenvalue weighted by atomic mass is 10.0. The van der Waals surface area contributed by atoms with Crippen LogP contribution in [0.3, 0.4) is 0 Å². The molecule has 3 rings (SSSR count). The van der Waals surface area contributed by atoms with E-state index in [9.17, 15) is 0 Å². The van der Waals surface area contributed by atoms with Crippen molar-refractivity contribution in [2.75, 3.05) is 27.2 Å². The third-order valence-electron chi connectivity index (χ3n) is 3.74. The second-order valence-electron chi connectivity index (χ2n) is 5.52. The first kappa shape index (κ1) is 11.8. The molecular formula is C15H21N3. The van der Waals surface area contributed by atoms with Crippen LogP contribution in [0.4, 0.5) is 0 Å². The monoisotopic (exact) mass is 243 g/mol. The van der Waals surface area contributed by atoms with Crippen LogP contribution >= 0.6 is 0 Å². The summed E-state index contributed by atoms with van der Waals surface area (Å²) in [4.78, 5) is 8.19. The molecule has 1 N–H and O–H groups in total. The largest absolute Gasteiger partial charge is 0.361 e. The van der Waals surface area contributed by atoms with Crippen molar-refractivity contribution >= 4 is 10.9 Å². The van der Waals surface area contributed by atoms with Crippen LogP contribution in [0.15, 0.2) is 24.4 Å². The number of hydrogen-bond acceptors (Lipinski definition) is 2. The fraction of sp³-hybridized carbons (Fsp3) is 0.467. The van der Waals surface area contributed by atoms with Gasteiger partial charge in [0, 0.05) is 36.7 Å². The fourth-order valence-corrected chi connectivity index (χ4v) is 2.90. The maximum absolute atomic E-state index is 3.38. The Morgan fingerprint density at radius 2 is 2.06 bits per heavy atom. The highest BCUT2D eigenvalue weighted by Crippen LogP contribution is 2.29. The first-order valence-corrected chi connectivity index (χ1v) is 6.69. The fourth-order valence-electron chi connectivity index (χ4n) is 2.90. The van der Waals surface area contributed by atoms with Crippen molar-refractivity contribution in [2.45, 2.75) is 19.5 Å². The zero-order valence-electron chi connectivity index (χ0n) is 11.2. The van der Waals surface area contributed by atoms with Crippen molar-refractivity contribution < 1.29 is 0 Å². The van der Waals surface area contributed by atoms with Gasteiger partial charge in [-0.3, -0.25) is 4.90 Å². The summed E-state index contributed by atoms with van der Waals surface area (Å²) < 4.78 is 0. The molecule has 1 aromatic carbocycles. The topological polar surface area (TPSA) is 22.3 Å². The molecule has 3 heteroatoms. The Kier molecular flexibility index (Phi) is 3.10. The molecule has 1 aliphatic heterocycles. The van der Waals surface area contributed by atoms with E-state index in [1.54, 1.807) is 0 Å². The standard InChI is InChI=1S/C15H21N3/c1-17(2)7-4-8-18-10-12-5-3-6-14-15(12)13(11-18)9-16-14/h3,5-6,9,16H,4,7-8,10-11H2,1-2H3. The van der Waals surface area contributed by atoms with Gasteiger partial charge in [-0.15, -0.1) is 0 Å². The Bertz CT molecular complexity index is 542. The molecule has 1 aromatic heterocycles. The Labute approximate surface area is 108 Å². The molecule has 1 aliphatic rings. The lowest BCUT2D eigenvalue weighted by Crippen LogP contribution is -2.28. The van der Waals surface area contributed by atoms with Crippen LogP contribution in [0.5, 0.6) is 0 Å². The summed E-state index contributed by atoms with van der Waals surface area (Å²) in [7, 11) is 4.28. The number of benzene rings is 1. The maximum Gasteiger partial charge on any atom is 0.0460 e. The highest BCUT2D eigenvalue weighted by atomic mass is 15.1. The van der Waals surface area contributed by atoms with Gasteiger partial charge in [0.15, 0.2) is 0 Å². The first-order chi connectivity index (χ1) is 8.74. The maximum atomic E-state index is 3.38. The van der Waals surface area contributed by atoms with Gasteiger partial charge in [0.25, 0.3) is 0 Å². The van der Waals surface area contributed by atoms with E-state index in [-0.39, 0.29) is 0 Å². The van der Waals surface area contributed by atoms with Gasteiger partial charge < -0.3 is 9.88 Å². The minimum absolute atomic E-state index is 1.09. The van der Waals surface area contributed by atoms with Gasteiger partial charge >= 0.3 is 0 Å². The minimum Gasteiger partial charge on any atom is -0.361 e. The van der Waals surface area contributed by atoms with E-state index in [1.807, 2.05) is 0 Å². The normalized spacial score (nSPS) is 15.7. The second kappa shape index (κ2) is 4.75. The van der Waals surface area contributed by atoms with Gasteiger partial charge in [0.05, 0.1) is 0 Å². The van der Waals surface area contributed by atoms with Crippen molar-refractivity contribution in [1.29, 1.82) is 0 Å². The molecule has 2 aromatic rings. The molecule has 18 heavy (non-hydrogen) atoms. The zero-order chi connectivity index (χ0) is 12.5. The summed E-state index contributed by atoms with van der Waals surface area (Å²) in [6, 6.07) is 6.59. The van der Waals surface area contributed by atoms with Crippen LogP contribution in [0.25, 0.3) is 10.9 Å². The minimum atomic E-state index is 1.09. The Morgan fingerprint density at radius 1 is 1.22 bits per heavy atom. The molecule has 2 heterocycles. The second-order valence-corrected chi connectivity index (χ2v) is 5.52. The van der Waals surface area contributed by atoms with E-state index in [1.165, 1.54) is 41.5 Å². The van der Waals surface area contributed by atoms with Crippen LogP contribution in [0.1, 0.15) is 17.5 Å². The van der Waals surface area contributed by atoms with E-state index in [2.05, 4.69) is 53.3 Å². The van der Waals surface area contributed by atoms with Crippen LogP contribution in [-0.2, 0) is 13.1 Å². The Morgan fingerprint density at radius 3 is 2.89 bits per heavy atom. The molecule has 0 aliphatic carbocycles. The van der Waals surface area contributed by atoms with Gasteiger partial charge in [0.2, 0.25) is 0 Å². The third-order valence-corrected chi connectivity index (χ3v) is 3.74. The van der Waals surface area contributed by atoms with Gasteiger partial charge in [-0.25, -0.2) is 0 Å². The molecule has 96 valence electrons. The average molecular weight is 243 g/mol. The number of hydrogen-bond donors (Lipinski definition) is 1. The number of aromatic amines is 1. The van der Waals surface area contributed by atoms with Gasteiger partial charge in [-0.1, -0.05) is 12.1 Å². The lowest BCUT2D eigenvalue weighted by molar-refractivity contribution is 0.236. The Balaban J connectivity index is 1.74. The summed E-state index contributed by atoms with van der Waals surface area (Å²) in [6.07, 6.45) is 3.41. The van der Waals surface area contributed by atoms with Crippen molar-refractivity contribution in [3.8, 4) is 0 Å². The molecule has 0 fully saturated rings. The molecule has 0 bridgehead atoms. The van der Waals surface area contributed by atoms with Crippen LogP contribution in [-0.4, -0.2) is 42.0 Å². The van der Waals surface area contributed by atoms with Crippen LogP contribution in [0, 0.1) is 0 Å². The van der Waals surface area contributed by atoms with E-state index in [4.69, 9.17) is 0 Å². The highest BCUT2D eigenvalue weighted by Gasteiger charge is 2.18. The van der Waals surface area contributed by atoms with Crippen molar-refractivity contribution in [2.24, 2.45) is 0 Å². The number of rotatable bonds is 4. The quantitative estimate of drug-likeness (QED) is 0.891. The number of aromatic nitrogens is 1. The number of nitrogens with one attached hydrogen (secondary N) is 1. The molecule has 0 saturated carbocycles. The third kappa shape index (κ3) is 2.16. The molecule has 0 unspecified atom stereocenters. The van der Waals surface area contributed by atoms with E-state index in [0.29, 0.717) is 0 Å². The molecule has 0 amide bonds. The number of nitrogens with zero attached hydrogens (tertiary/aromatic N) is 2. The van der Waals surface area contributed by atoms with E-state index < -0.39 is 0 Å². The van der Waals surface area contributed by atoms with Gasteiger partial charge in [0.1, 0.15) is 0 Å². The summed E-state index contributed by atoms with van der Waals surface area (Å²) in [5, 5.41) is 1.46. The molecule has 0 saturated heterocycles. The molecule has 0 atom stereocenters. The van der Waals surface area contributed by atoms with Gasteiger partial charge in [-0.05, 0) is 44.3 Å². The summed E-state index contributed by atoms with van der Waals surface area (Å²) in [5.41, 5.74) is 4.21. The van der Waals surface area contributed by atoms with Gasteiger partial charge in [-0.2, -0.15) is 0 Å². The first-order valence-electron chi connectivity index (χ1n) is 6.69. The van der Waals surface area contributed by atoms with Crippen molar-refractivity contribution in [3.05, 3.63) is 35.5 Å². The highest BCUT2D eigenvalue weighted by molar-refractivity contribution is 5.87. The Hall–Kier alpha value is -1.32. The average Bonchev–Trinajstić information content (AvgIpc) is 2.74. The summed E-state index contributed by atoms with van der Waals surface area (Å²) >= 11 is 0. The van der Waals surface area contributed by atoms with E-state index >= 15 is 0 Å². The predicted molar refractivity (Wildman–Crippen MR) is 75.6 cm³/mol. The summed E-state index contributed by atoms with van der Waals surface area (Å²) in [5.74, 6) is 0. The number of H-pyrrole nitrogens is 1. The van der Waals surface area contributed by atoms with Crippen LogP contribution < -0.4 is 0 Å². The predicted octanol–water partition coefficient (Wildman–Crippen LogP) is 2.44. The summed E-state index contributed by atoms with van der Waals surface area (Å²) in [6.45, 7) is 4.53. The molecule has 0 spiro atoms. The SMILES string of the molecule is CN(C)CCCN1Cc2cccc3[nH]cc(c23)C1. The van der Waals surface area contributed by atoms with Crippen LogP contribution in [0.2, 0.25) is 0 Å². The smallest absolute Gasteiger partial charge is 0.0460 e. The lowest BCUT2D eigenvalue weighted by Gasteiger charge is -2.27.